The molecule has 6 nitrogen and oxygen atoms in total. The largest absolute Gasteiger partial charge is 0.469 e. The monoisotopic (exact) mass is 370 g/mol. The highest BCUT2D eigenvalue weighted by Gasteiger charge is 2.39. The first-order valence-electron chi connectivity index (χ1n) is 9.46. The van der Waals surface area contributed by atoms with Gasteiger partial charge in [0.2, 0.25) is 0 Å². The Kier molecular flexibility index (Phi) is 4.26. The SMILES string of the molecule is COC(=O)[C@H]1CN[C@@H]2Cc3cn(C(=O)OC(C)(C)C)c4cccc(c34)[C@H]2C1. The van der Waals surface area contributed by atoms with Crippen LogP contribution in [0.1, 0.15) is 44.2 Å². The fraction of sp³-hybridized carbons (Fsp3) is 0.524. The number of esters is 1. The van der Waals surface area contributed by atoms with Gasteiger partial charge in [0.1, 0.15) is 5.60 Å². The standard InChI is InChI=1S/C21H26N2O4/c1-21(2,3)27-20(25)23-11-13-9-16-15(8-12(10-22-16)19(24)26-4)14-6-5-7-17(23)18(13)14/h5-7,11-12,15-16,22H,8-10H2,1-4H3/t12-,15-,16-/m1/s1. The number of nitrogens with one attached hydrogen (secondary N) is 1. The molecule has 1 N–H and O–H groups in total. The number of benzene rings is 1. The van der Waals surface area contributed by atoms with Crippen LogP contribution in [0.15, 0.2) is 24.4 Å². The molecule has 0 amide bonds. The zero-order valence-corrected chi connectivity index (χ0v) is 16.2. The van der Waals surface area contributed by atoms with Crippen molar-refractivity contribution in [2.75, 3.05) is 13.7 Å². The molecule has 0 bridgehead atoms. The smallest absolute Gasteiger partial charge is 0.419 e. The molecule has 1 aromatic carbocycles. The molecule has 6 heteroatoms. The molecular weight excluding hydrogens is 344 g/mol. The fourth-order valence-corrected chi connectivity index (χ4v) is 4.46. The lowest BCUT2D eigenvalue weighted by Gasteiger charge is -2.39. The molecule has 1 aliphatic carbocycles. The Hall–Kier alpha value is -2.34. The molecule has 1 fully saturated rings. The predicted octanol–water partition coefficient (Wildman–Crippen LogP) is 3.22. The van der Waals surface area contributed by atoms with Gasteiger partial charge in [-0.25, -0.2) is 4.79 Å². The maximum atomic E-state index is 12.7. The summed E-state index contributed by atoms with van der Waals surface area (Å²) in [5, 5.41) is 4.64. The van der Waals surface area contributed by atoms with Gasteiger partial charge < -0.3 is 14.8 Å². The first-order valence-corrected chi connectivity index (χ1v) is 9.46. The highest BCUT2D eigenvalue weighted by Crippen LogP contribution is 2.42. The summed E-state index contributed by atoms with van der Waals surface area (Å²) in [6.45, 7) is 6.23. The van der Waals surface area contributed by atoms with Gasteiger partial charge in [0.15, 0.2) is 0 Å². The van der Waals surface area contributed by atoms with Crippen molar-refractivity contribution >= 4 is 23.0 Å². The van der Waals surface area contributed by atoms with Gasteiger partial charge in [-0.05, 0) is 50.8 Å². The molecule has 2 aromatic rings. The molecule has 1 aliphatic heterocycles. The van der Waals surface area contributed by atoms with E-state index in [9.17, 15) is 9.59 Å². The van der Waals surface area contributed by atoms with E-state index in [-0.39, 0.29) is 29.9 Å². The summed E-state index contributed by atoms with van der Waals surface area (Å²) in [7, 11) is 1.44. The second kappa shape index (κ2) is 6.37. The molecule has 0 spiro atoms. The van der Waals surface area contributed by atoms with Crippen molar-refractivity contribution in [3.63, 3.8) is 0 Å². The van der Waals surface area contributed by atoms with Crippen LogP contribution in [0, 0.1) is 5.92 Å². The lowest BCUT2D eigenvalue weighted by Crippen LogP contribution is -2.48. The van der Waals surface area contributed by atoms with Crippen LogP contribution < -0.4 is 5.32 Å². The molecule has 0 saturated carbocycles. The zero-order valence-electron chi connectivity index (χ0n) is 16.2. The third-order valence-corrected chi connectivity index (χ3v) is 5.55. The van der Waals surface area contributed by atoms with E-state index in [2.05, 4.69) is 11.4 Å². The van der Waals surface area contributed by atoms with E-state index in [1.165, 1.54) is 12.7 Å². The van der Waals surface area contributed by atoms with Crippen LogP contribution in [0.2, 0.25) is 0 Å². The minimum absolute atomic E-state index is 0.138. The van der Waals surface area contributed by atoms with Crippen molar-refractivity contribution in [1.29, 1.82) is 0 Å². The lowest BCUT2D eigenvalue weighted by atomic mass is 9.73. The summed E-state index contributed by atoms with van der Waals surface area (Å²) >= 11 is 0. The number of piperidine rings is 1. The molecule has 0 unspecified atom stereocenters. The second-order valence-corrected chi connectivity index (χ2v) is 8.53. The Labute approximate surface area is 158 Å². The summed E-state index contributed by atoms with van der Waals surface area (Å²) < 4.78 is 12.1. The number of nitrogens with zero attached hydrogens (tertiary/aromatic N) is 1. The number of fused-ring (bicyclic) bond motifs is 2. The molecule has 27 heavy (non-hydrogen) atoms. The molecule has 144 valence electrons. The topological polar surface area (TPSA) is 69.6 Å². The van der Waals surface area contributed by atoms with Gasteiger partial charge in [-0.1, -0.05) is 12.1 Å². The predicted molar refractivity (Wildman–Crippen MR) is 102 cm³/mol. The minimum Gasteiger partial charge on any atom is -0.469 e. The van der Waals surface area contributed by atoms with Crippen LogP contribution in [0.3, 0.4) is 0 Å². The van der Waals surface area contributed by atoms with Gasteiger partial charge in [-0.2, -0.15) is 0 Å². The number of ether oxygens (including phenoxy) is 2. The third-order valence-electron chi connectivity index (χ3n) is 5.55. The van der Waals surface area contributed by atoms with E-state index in [0.29, 0.717) is 6.54 Å². The van der Waals surface area contributed by atoms with Gasteiger partial charge in [-0.15, -0.1) is 0 Å². The van der Waals surface area contributed by atoms with Crippen molar-refractivity contribution in [1.82, 2.24) is 9.88 Å². The fourth-order valence-electron chi connectivity index (χ4n) is 4.46. The summed E-state index contributed by atoms with van der Waals surface area (Å²) in [6, 6.07) is 6.31. The normalized spacial score (nSPS) is 24.4. The first-order chi connectivity index (χ1) is 12.8. The van der Waals surface area contributed by atoms with Gasteiger partial charge >= 0.3 is 12.1 Å². The van der Waals surface area contributed by atoms with Crippen LogP contribution in [-0.4, -0.2) is 41.9 Å². The molecular formula is C21H26N2O4. The summed E-state index contributed by atoms with van der Waals surface area (Å²) in [5.41, 5.74) is 2.67. The van der Waals surface area contributed by atoms with Crippen LogP contribution >= 0.6 is 0 Å². The summed E-state index contributed by atoms with van der Waals surface area (Å²) in [4.78, 5) is 24.7. The van der Waals surface area contributed by atoms with Crippen molar-refractivity contribution in [2.24, 2.45) is 5.92 Å². The Morgan fingerprint density at radius 1 is 1.26 bits per heavy atom. The molecule has 1 aromatic heterocycles. The Balaban J connectivity index is 1.74. The van der Waals surface area contributed by atoms with Crippen LogP contribution in [-0.2, 0) is 20.7 Å². The van der Waals surface area contributed by atoms with Crippen LogP contribution in [0.4, 0.5) is 4.79 Å². The zero-order chi connectivity index (χ0) is 19.3. The maximum Gasteiger partial charge on any atom is 0.419 e. The second-order valence-electron chi connectivity index (χ2n) is 8.53. The van der Waals surface area contributed by atoms with E-state index in [4.69, 9.17) is 9.47 Å². The molecule has 2 heterocycles. The Morgan fingerprint density at radius 3 is 2.74 bits per heavy atom. The summed E-state index contributed by atoms with van der Waals surface area (Å²) in [5.74, 6) is -0.0696. The summed E-state index contributed by atoms with van der Waals surface area (Å²) in [6.07, 6.45) is 3.15. The van der Waals surface area contributed by atoms with Crippen molar-refractivity contribution < 1.29 is 19.1 Å². The molecule has 1 saturated heterocycles. The van der Waals surface area contributed by atoms with E-state index >= 15 is 0 Å². The molecule has 3 atom stereocenters. The van der Waals surface area contributed by atoms with Gasteiger partial charge in [0.05, 0.1) is 18.5 Å². The highest BCUT2D eigenvalue weighted by atomic mass is 16.6. The minimum atomic E-state index is -0.547. The van der Waals surface area contributed by atoms with E-state index in [1.54, 1.807) is 4.57 Å². The van der Waals surface area contributed by atoms with E-state index in [0.717, 1.165) is 29.3 Å². The average molecular weight is 370 g/mol. The van der Waals surface area contributed by atoms with Crippen molar-refractivity contribution in [3.05, 3.63) is 35.5 Å². The average Bonchev–Trinajstić information content (AvgIpc) is 2.99. The number of rotatable bonds is 1. The number of carbonyl (C=O) groups excluding carboxylic acids is 2. The van der Waals surface area contributed by atoms with E-state index in [1.807, 2.05) is 39.1 Å². The maximum absolute atomic E-state index is 12.7. The highest BCUT2D eigenvalue weighted by molar-refractivity contribution is 5.95. The number of hydrogen-bond acceptors (Lipinski definition) is 5. The quantitative estimate of drug-likeness (QED) is 0.781. The number of carbonyl (C=O) groups is 2. The first kappa shape index (κ1) is 18.0. The van der Waals surface area contributed by atoms with Crippen LogP contribution in [0.5, 0.6) is 0 Å². The lowest BCUT2D eigenvalue weighted by molar-refractivity contribution is -0.146. The van der Waals surface area contributed by atoms with Gasteiger partial charge in [-0.3, -0.25) is 9.36 Å². The Bertz CT molecular complexity index is 909. The number of methoxy groups -OCH3 is 1. The molecule has 0 radical (unpaired) electrons. The third kappa shape index (κ3) is 3.12. The molecule has 4 rings (SSSR count). The van der Waals surface area contributed by atoms with Crippen LogP contribution in [0.25, 0.3) is 10.9 Å². The van der Waals surface area contributed by atoms with E-state index < -0.39 is 5.60 Å². The number of aromatic nitrogens is 1. The van der Waals surface area contributed by atoms with Crippen molar-refractivity contribution in [3.8, 4) is 0 Å². The van der Waals surface area contributed by atoms with Gasteiger partial charge in [0.25, 0.3) is 0 Å². The Morgan fingerprint density at radius 2 is 2.04 bits per heavy atom. The van der Waals surface area contributed by atoms with Gasteiger partial charge in [0, 0.05) is 30.1 Å². The van der Waals surface area contributed by atoms with Crippen molar-refractivity contribution in [2.45, 2.75) is 51.2 Å². The number of hydrogen-bond donors (Lipinski definition) is 1. The molecule has 2 aliphatic rings.